The van der Waals surface area contributed by atoms with Crippen molar-refractivity contribution in [1.82, 2.24) is 21.3 Å². The molecule has 0 saturated heterocycles. The van der Waals surface area contributed by atoms with Crippen LogP contribution in [-0.4, -0.2) is 61.9 Å². The molecular weight excluding hydrogens is 1030 g/mol. The zero-order valence-electron chi connectivity index (χ0n) is 46.2. The van der Waals surface area contributed by atoms with Gasteiger partial charge in [0.15, 0.2) is 0 Å². The largest absolute Gasteiger partial charge is 0.445 e. The van der Waals surface area contributed by atoms with Crippen LogP contribution in [0.15, 0.2) is 60.7 Å². The molecule has 3 rings (SSSR count). The van der Waals surface area contributed by atoms with Crippen molar-refractivity contribution >= 4 is 24.6 Å². The summed E-state index contributed by atoms with van der Waals surface area (Å²) in [6, 6.07) is 19.3. The average molecular weight is 1090 g/mol. The van der Waals surface area contributed by atoms with Crippen LogP contribution in [0, 0.1) is 225 Å². The molecule has 1 aliphatic rings. The van der Waals surface area contributed by atoms with Crippen LogP contribution in [0.5, 0.6) is 0 Å². The van der Waals surface area contributed by atoms with E-state index in [0.29, 0.717) is 19.5 Å². The lowest BCUT2D eigenvalue weighted by Gasteiger charge is -2.33. The number of hydrogen-bond acceptors (Lipinski definition) is 8. The highest BCUT2D eigenvalue weighted by Crippen LogP contribution is 2.19. The lowest BCUT2D eigenvalue weighted by atomic mass is 9.90. The molecule has 83 heavy (non-hydrogen) atoms. The van der Waals surface area contributed by atoms with Gasteiger partial charge in [-0.25, -0.2) is 14.4 Å². The van der Waals surface area contributed by atoms with E-state index in [9.17, 15) is 19.2 Å². The van der Waals surface area contributed by atoms with Crippen LogP contribution in [0.2, 0.25) is 0 Å². The van der Waals surface area contributed by atoms with Gasteiger partial charge in [0.05, 0.1) is 0 Å². The number of alkyl carbamates (subject to hydrolysis) is 3. The van der Waals surface area contributed by atoms with Gasteiger partial charge < -0.3 is 40.3 Å². The van der Waals surface area contributed by atoms with E-state index in [1.165, 1.54) is 0 Å². The van der Waals surface area contributed by atoms with E-state index in [4.69, 9.17) is 20.6 Å². The molecule has 2 unspecified atom stereocenters. The Labute approximate surface area is 491 Å². The Balaban J connectivity index is 0.000000681. The van der Waals surface area contributed by atoms with Gasteiger partial charge in [-0.3, -0.25) is 0 Å². The van der Waals surface area contributed by atoms with Crippen LogP contribution in [0.3, 0.4) is 0 Å². The smallest absolute Gasteiger partial charge is 0.407 e. The number of ether oxygens (including phenoxy) is 3. The first-order valence-electron chi connectivity index (χ1n) is 25.0. The summed E-state index contributed by atoms with van der Waals surface area (Å²) >= 11 is 0. The number of benzene rings is 2. The normalized spacial score (nSPS) is 10.3. The van der Waals surface area contributed by atoms with Crippen molar-refractivity contribution in [1.29, 1.82) is 0 Å². The molecule has 0 heterocycles. The summed E-state index contributed by atoms with van der Waals surface area (Å²) in [4.78, 5) is 44.8. The monoisotopic (exact) mass is 1080 g/mol. The topological polar surface area (TPSA) is 144 Å². The molecule has 2 aromatic carbocycles. The molecule has 2 aromatic rings. The number of aldehydes is 1. The molecule has 4 N–H and O–H groups in total. The van der Waals surface area contributed by atoms with Crippen LogP contribution < -0.4 is 21.3 Å². The highest BCUT2D eigenvalue weighted by Gasteiger charge is 2.28. The first kappa shape index (κ1) is 68.5. The third kappa shape index (κ3) is 46.5. The van der Waals surface area contributed by atoms with Crippen LogP contribution in [-0.2, 0) is 32.2 Å². The number of nitrogens with one attached hydrogen (secondary N) is 4. The SMILES string of the molecule is C#CC#CC#CC#CC#CC#CC#CC#CC#CC#CC#CC#CC#CC#CC#CC#CC#CC#CC#CC.CC(C)(C)OC(=O)NC1CCCCC1NCCCNC(=O)OCc1ccccc1.O=CCCNC(=O)OCc1ccccc1. The summed E-state index contributed by atoms with van der Waals surface area (Å²) in [5.74, 6) is 91.9. The van der Waals surface area contributed by atoms with Gasteiger partial charge in [-0.05, 0) is 159 Å². The Bertz CT molecular complexity index is 3820. The van der Waals surface area contributed by atoms with Gasteiger partial charge in [-0.15, -0.1) is 6.42 Å². The molecule has 0 bridgehead atoms. The zero-order chi connectivity index (χ0) is 60.2. The number of carbonyl (C=O) groups is 4. The number of hydrogen-bond donors (Lipinski definition) is 4. The van der Waals surface area contributed by atoms with Crippen molar-refractivity contribution in [2.45, 2.75) is 97.1 Å². The van der Waals surface area contributed by atoms with E-state index < -0.39 is 17.8 Å². The number of carbonyl (C=O) groups excluding carboxylic acids is 4. The maximum Gasteiger partial charge on any atom is 0.407 e. The van der Waals surface area contributed by atoms with Crippen LogP contribution in [0.4, 0.5) is 14.4 Å². The Morgan fingerprint density at radius 3 is 1.16 bits per heavy atom. The van der Waals surface area contributed by atoms with Crippen molar-refractivity contribution in [2.24, 2.45) is 0 Å². The van der Waals surface area contributed by atoms with E-state index in [1.807, 2.05) is 81.4 Å². The van der Waals surface area contributed by atoms with Crippen molar-refractivity contribution in [3.05, 3.63) is 71.8 Å². The molecule has 11 nitrogen and oxygen atoms in total. The van der Waals surface area contributed by atoms with Crippen molar-refractivity contribution in [2.75, 3.05) is 19.6 Å². The molecule has 1 aliphatic carbocycles. The highest BCUT2D eigenvalue weighted by atomic mass is 16.6. The minimum absolute atomic E-state index is 0.0717. The van der Waals surface area contributed by atoms with Crippen molar-refractivity contribution in [3.63, 3.8) is 0 Å². The summed E-state index contributed by atoms with van der Waals surface area (Å²) < 4.78 is 15.5. The molecule has 1 saturated carbocycles. The Hall–Kier alpha value is -12.5. The summed E-state index contributed by atoms with van der Waals surface area (Å²) in [5, 5.41) is 11.7. The predicted molar refractivity (Wildman–Crippen MR) is 322 cm³/mol. The van der Waals surface area contributed by atoms with Crippen LogP contribution in [0.25, 0.3) is 0 Å². The second-order valence-electron chi connectivity index (χ2n) is 16.2. The van der Waals surface area contributed by atoms with Gasteiger partial charge in [-0.2, -0.15) is 0 Å². The molecule has 2 atom stereocenters. The van der Waals surface area contributed by atoms with Gasteiger partial charge in [-0.1, -0.05) is 79.4 Å². The highest BCUT2D eigenvalue weighted by molar-refractivity contribution is 5.68. The maximum absolute atomic E-state index is 12.1. The molecule has 1 fully saturated rings. The molecule has 0 radical (unpaired) electrons. The molecule has 11 heteroatoms. The molecule has 0 aromatic heterocycles. The fourth-order valence-corrected chi connectivity index (χ4v) is 5.48. The number of terminal acetylenes is 1. The van der Waals surface area contributed by atoms with Gasteiger partial charge in [0.2, 0.25) is 0 Å². The van der Waals surface area contributed by atoms with Crippen LogP contribution >= 0.6 is 0 Å². The standard InChI is InChI=1S/C39H4.C22H35N3O4.C11H13NO3/c1-3-5-7-9-11-13-15-17-19-21-23-25-27-29-31-33-35-37-39-38-36-34-32-30-28-26-24-22-20-18-16-14-12-10-8-6-4-2;1-22(2,3)29-21(27)25-19-13-8-7-12-18(19)23-14-9-15-24-20(26)28-16-17-10-5-4-6-11-17;13-8-4-7-12-11(14)15-9-10-5-2-1-3-6-10/h1H,2H3;4-6,10-11,18-19,23H,7-9,12-16H2,1-3H3,(H,24,26)(H,25,27);1-3,5-6,8H,4,7,9H2,(H,12,14). The maximum atomic E-state index is 12.1. The average Bonchev–Trinajstić information content (AvgIpc) is 3.48. The number of rotatable bonds is 13. The van der Waals surface area contributed by atoms with Gasteiger partial charge in [0, 0.05) is 150 Å². The second-order valence-corrected chi connectivity index (χ2v) is 16.2. The summed E-state index contributed by atoms with van der Waals surface area (Å²) in [6.45, 7) is 9.40. The van der Waals surface area contributed by atoms with Crippen molar-refractivity contribution in [3.8, 4) is 225 Å². The van der Waals surface area contributed by atoms with E-state index in [0.717, 1.165) is 56.1 Å². The van der Waals surface area contributed by atoms with Crippen LogP contribution in [0.1, 0.15) is 77.3 Å². The third-order valence-electron chi connectivity index (χ3n) is 8.78. The Morgan fingerprint density at radius 2 is 0.819 bits per heavy atom. The van der Waals surface area contributed by atoms with Gasteiger partial charge in [0.25, 0.3) is 0 Å². The summed E-state index contributed by atoms with van der Waals surface area (Å²) in [5.41, 5.74) is 1.40. The molecular formula is C72H52N4O7. The third-order valence-corrected chi connectivity index (χ3v) is 8.78. The Morgan fingerprint density at radius 1 is 0.482 bits per heavy atom. The first-order valence-corrected chi connectivity index (χ1v) is 25.0. The summed E-state index contributed by atoms with van der Waals surface area (Å²) in [7, 11) is 0. The molecule has 0 spiro atoms. The summed E-state index contributed by atoms with van der Waals surface area (Å²) in [6.07, 6.45) is 9.72. The number of amides is 3. The van der Waals surface area contributed by atoms with E-state index in [2.05, 4.69) is 240 Å². The van der Waals surface area contributed by atoms with Gasteiger partial charge in [0.1, 0.15) is 25.1 Å². The first-order chi connectivity index (χ1) is 40.6. The lowest BCUT2D eigenvalue weighted by Crippen LogP contribution is -2.52. The fourth-order valence-electron chi connectivity index (χ4n) is 5.48. The second kappa shape index (κ2) is 50.3. The van der Waals surface area contributed by atoms with Crippen molar-refractivity contribution < 1.29 is 33.4 Å². The van der Waals surface area contributed by atoms with E-state index in [1.54, 1.807) is 6.92 Å². The Kier molecular flexibility index (Phi) is 41.6. The predicted octanol–water partition coefficient (Wildman–Crippen LogP) is 5.93. The van der Waals surface area contributed by atoms with Gasteiger partial charge >= 0.3 is 18.3 Å². The minimum Gasteiger partial charge on any atom is -0.445 e. The quantitative estimate of drug-likeness (QED) is 0.0838. The molecule has 0 aliphatic heterocycles. The van der Waals surface area contributed by atoms with E-state index in [-0.39, 0.29) is 31.4 Å². The molecule has 402 valence electrons. The lowest BCUT2D eigenvalue weighted by molar-refractivity contribution is -0.107. The minimum atomic E-state index is -0.499. The fraction of sp³-hybridized carbons (Fsp3) is 0.250. The zero-order valence-corrected chi connectivity index (χ0v) is 46.2. The van der Waals surface area contributed by atoms with E-state index >= 15 is 0 Å². The molecule has 3 amide bonds.